The number of aromatic nitrogens is 4. The van der Waals surface area contributed by atoms with Gasteiger partial charge in [-0.15, -0.1) is 16.4 Å². The lowest BCUT2D eigenvalue weighted by atomic mass is 10.2. The van der Waals surface area contributed by atoms with Gasteiger partial charge in [-0.3, -0.25) is 5.32 Å². The highest BCUT2D eigenvalue weighted by Gasteiger charge is 2.29. The summed E-state index contributed by atoms with van der Waals surface area (Å²) in [6.07, 6.45) is 0.288. The first kappa shape index (κ1) is 22.5. The molecule has 0 aromatic carbocycles. The number of hydroxylamine groups is 2. The Balaban J connectivity index is 1.17. The summed E-state index contributed by atoms with van der Waals surface area (Å²) in [5.41, 5.74) is 9.55. The highest BCUT2D eigenvalue weighted by Crippen LogP contribution is 2.29. The maximum atomic E-state index is 12.5. The second kappa shape index (κ2) is 9.52. The van der Waals surface area contributed by atoms with Crippen LogP contribution < -0.4 is 20.7 Å². The Kier molecular flexibility index (Phi) is 6.30. The standard InChI is InChI=1S/C21H26N8O4S/c1-12-9-28(6-7-29(12)18-17-19(34-11-23-17)27-20(22)26-18)33-21(30)25-15-3-4-16(24-13(15)2)32-14-5-8-31-10-14/h3-4,11-12,14H,5-10H2,1-2H3,(H,25,30)(H2,22,26,27)/t12?,14-/m0/s1. The fourth-order valence-electron chi connectivity index (χ4n) is 4.05. The van der Waals surface area contributed by atoms with Gasteiger partial charge in [0.15, 0.2) is 10.6 Å². The van der Waals surface area contributed by atoms with Crippen LogP contribution in [0.25, 0.3) is 10.3 Å². The molecule has 1 unspecified atom stereocenters. The van der Waals surface area contributed by atoms with Gasteiger partial charge in [-0.1, -0.05) is 0 Å². The third-order valence-electron chi connectivity index (χ3n) is 5.74. The number of aryl methyl sites for hydroxylation is 1. The minimum atomic E-state index is -0.573. The number of pyridine rings is 1. The monoisotopic (exact) mass is 486 g/mol. The number of piperazine rings is 1. The quantitative estimate of drug-likeness (QED) is 0.548. The van der Waals surface area contributed by atoms with Crippen molar-refractivity contribution in [1.82, 2.24) is 25.0 Å². The van der Waals surface area contributed by atoms with Crippen molar-refractivity contribution in [1.29, 1.82) is 0 Å². The van der Waals surface area contributed by atoms with Gasteiger partial charge >= 0.3 is 6.09 Å². The van der Waals surface area contributed by atoms with E-state index in [0.717, 1.165) is 16.8 Å². The summed E-state index contributed by atoms with van der Waals surface area (Å²) in [5.74, 6) is 1.43. The summed E-state index contributed by atoms with van der Waals surface area (Å²) >= 11 is 1.42. The van der Waals surface area contributed by atoms with Crippen molar-refractivity contribution in [2.45, 2.75) is 32.4 Å². The number of nitrogen functional groups attached to an aromatic ring is 1. The molecule has 34 heavy (non-hydrogen) atoms. The molecule has 2 aliphatic heterocycles. The van der Waals surface area contributed by atoms with E-state index in [1.165, 1.54) is 11.3 Å². The van der Waals surface area contributed by atoms with E-state index >= 15 is 0 Å². The van der Waals surface area contributed by atoms with Crippen LogP contribution in [0.3, 0.4) is 0 Å². The molecule has 5 heterocycles. The largest absolute Gasteiger partial charge is 0.472 e. The molecule has 3 aromatic heterocycles. The van der Waals surface area contributed by atoms with Gasteiger partial charge in [-0.05, 0) is 19.9 Å². The molecule has 2 aliphatic rings. The molecular weight excluding hydrogens is 460 g/mol. The fourth-order valence-corrected chi connectivity index (χ4v) is 4.71. The Morgan fingerprint density at radius 3 is 2.94 bits per heavy atom. The third kappa shape index (κ3) is 4.81. The molecule has 3 aromatic rings. The lowest BCUT2D eigenvalue weighted by molar-refractivity contribution is -0.103. The van der Waals surface area contributed by atoms with Crippen molar-refractivity contribution in [3.05, 3.63) is 23.3 Å². The first-order chi connectivity index (χ1) is 16.5. The number of fused-ring (bicyclic) bond motifs is 1. The van der Waals surface area contributed by atoms with Crippen LogP contribution in [0.15, 0.2) is 17.6 Å². The molecule has 0 saturated carbocycles. The first-order valence-electron chi connectivity index (χ1n) is 11.1. The van der Waals surface area contributed by atoms with Gasteiger partial charge in [0.2, 0.25) is 11.8 Å². The number of carbonyl (C=O) groups is 1. The second-order valence-corrected chi connectivity index (χ2v) is 9.06. The molecule has 5 rings (SSSR count). The van der Waals surface area contributed by atoms with E-state index in [0.29, 0.717) is 55.9 Å². The molecule has 0 bridgehead atoms. The van der Waals surface area contributed by atoms with Gasteiger partial charge in [0.05, 0.1) is 43.2 Å². The van der Waals surface area contributed by atoms with Crippen LogP contribution in [0, 0.1) is 6.92 Å². The molecule has 3 N–H and O–H groups in total. The van der Waals surface area contributed by atoms with E-state index in [2.05, 4.69) is 30.2 Å². The molecule has 2 saturated heterocycles. The summed E-state index contributed by atoms with van der Waals surface area (Å²) in [6, 6.07) is 3.50. The van der Waals surface area contributed by atoms with E-state index < -0.39 is 6.09 Å². The Morgan fingerprint density at radius 1 is 1.29 bits per heavy atom. The van der Waals surface area contributed by atoms with Crippen molar-refractivity contribution in [2.75, 3.05) is 48.8 Å². The molecule has 0 aliphatic carbocycles. The third-order valence-corrected chi connectivity index (χ3v) is 6.46. The number of rotatable bonds is 5. The zero-order chi connectivity index (χ0) is 23.7. The van der Waals surface area contributed by atoms with E-state index in [4.69, 9.17) is 20.0 Å². The summed E-state index contributed by atoms with van der Waals surface area (Å²) in [5, 5.41) is 4.40. The lowest BCUT2D eigenvalue weighted by Gasteiger charge is -2.39. The van der Waals surface area contributed by atoms with Gasteiger partial charge in [0.25, 0.3) is 0 Å². The zero-order valence-electron chi connectivity index (χ0n) is 18.9. The van der Waals surface area contributed by atoms with Gasteiger partial charge in [-0.25, -0.2) is 19.7 Å². The van der Waals surface area contributed by atoms with Crippen LogP contribution in [-0.2, 0) is 9.57 Å². The van der Waals surface area contributed by atoms with Crippen LogP contribution in [-0.4, -0.2) is 76.1 Å². The minimum absolute atomic E-state index is 0.0140. The number of nitrogens with two attached hydrogens (primary N) is 1. The molecule has 12 nitrogen and oxygen atoms in total. The Labute approximate surface area is 200 Å². The maximum Gasteiger partial charge on any atom is 0.430 e. The number of carbonyl (C=O) groups excluding carboxylic acids is 1. The number of nitrogens with zero attached hydrogens (tertiary/aromatic N) is 6. The first-order valence-corrected chi connectivity index (χ1v) is 11.9. The molecular formula is C21H26N8O4S. The summed E-state index contributed by atoms with van der Waals surface area (Å²) < 4.78 is 11.1. The average molecular weight is 487 g/mol. The summed E-state index contributed by atoms with van der Waals surface area (Å²) in [7, 11) is 0. The fraction of sp³-hybridized carbons (Fsp3) is 0.476. The topological polar surface area (TPSA) is 141 Å². The van der Waals surface area contributed by atoms with Crippen molar-refractivity contribution in [3.63, 3.8) is 0 Å². The molecule has 0 radical (unpaired) electrons. The number of hydrogen-bond acceptors (Lipinski definition) is 12. The minimum Gasteiger partial charge on any atom is -0.472 e. The number of amides is 1. The highest BCUT2D eigenvalue weighted by molar-refractivity contribution is 7.16. The van der Waals surface area contributed by atoms with E-state index in [1.807, 2.05) is 6.92 Å². The number of anilines is 3. The van der Waals surface area contributed by atoms with Crippen molar-refractivity contribution in [3.8, 4) is 5.88 Å². The molecule has 2 fully saturated rings. The Morgan fingerprint density at radius 2 is 2.18 bits per heavy atom. The van der Waals surface area contributed by atoms with E-state index in [1.54, 1.807) is 29.6 Å². The molecule has 13 heteroatoms. The highest BCUT2D eigenvalue weighted by atomic mass is 32.1. The number of thiazole rings is 1. The maximum absolute atomic E-state index is 12.5. The number of nitrogens with one attached hydrogen (secondary N) is 1. The summed E-state index contributed by atoms with van der Waals surface area (Å²) in [6.45, 7) is 6.70. The van der Waals surface area contributed by atoms with Crippen LogP contribution in [0.4, 0.5) is 22.2 Å². The van der Waals surface area contributed by atoms with Crippen LogP contribution in [0.1, 0.15) is 19.0 Å². The molecule has 180 valence electrons. The van der Waals surface area contributed by atoms with Crippen LogP contribution in [0.2, 0.25) is 0 Å². The SMILES string of the molecule is Cc1nc(O[C@H]2CCOC2)ccc1NC(=O)ON1CCN(c2nc(N)nc3scnc23)C(C)C1. The Hall–Kier alpha value is -3.29. The van der Waals surface area contributed by atoms with Crippen LogP contribution in [0.5, 0.6) is 5.88 Å². The molecule has 0 spiro atoms. The van der Waals surface area contributed by atoms with E-state index in [-0.39, 0.29) is 18.1 Å². The van der Waals surface area contributed by atoms with Crippen LogP contribution >= 0.6 is 11.3 Å². The predicted octanol–water partition coefficient (Wildman–Crippen LogP) is 2.21. The zero-order valence-corrected chi connectivity index (χ0v) is 19.7. The van der Waals surface area contributed by atoms with Gasteiger partial charge in [-0.2, -0.15) is 4.98 Å². The summed E-state index contributed by atoms with van der Waals surface area (Å²) in [4.78, 5) is 38.4. The van der Waals surface area contributed by atoms with Gasteiger partial charge in [0, 0.05) is 25.1 Å². The lowest BCUT2D eigenvalue weighted by Crippen LogP contribution is -2.53. The van der Waals surface area contributed by atoms with Crippen molar-refractivity contribution in [2.24, 2.45) is 0 Å². The number of ether oxygens (including phenoxy) is 2. The van der Waals surface area contributed by atoms with Gasteiger partial charge in [0.1, 0.15) is 11.6 Å². The smallest absolute Gasteiger partial charge is 0.430 e. The second-order valence-electron chi connectivity index (χ2n) is 8.23. The normalized spacial score (nSPS) is 21.1. The molecule has 1 amide bonds. The van der Waals surface area contributed by atoms with Gasteiger partial charge < -0.3 is 24.9 Å². The van der Waals surface area contributed by atoms with E-state index in [9.17, 15) is 4.79 Å². The average Bonchev–Trinajstić information content (AvgIpc) is 3.47. The number of hydrogen-bond donors (Lipinski definition) is 2. The van der Waals surface area contributed by atoms with Crippen molar-refractivity contribution < 1.29 is 19.1 Å². The molecule has 2 atom stereocenters. The predicted molar refractivity (Wildman–Crippen MR) is 127 cm³/mol. The van der Waals surface area contributed by atoms with Crippen molar-refractivity contribution >= 4 is 45.2 Å². The Bertz CT molecular complexity index is 1180.